The average molecular weight is 269 g/mol. The third-order valence-corrected chi connectivity index (χ3v) is 4.41. The van der Waals surface area contributed by atoms with Crippen LogP contribution in [0.5, 0.6) is 0 Å². The number of aliphatic hydroxyl groups excluding tert-OH is 1. The highest BCUT2D eigenvalue weighted by molar-refractivity contribution is 5.77. The molecule has 4 unspecified atom stereocenters. The maximum Gasteiger partial charge on any atom is 0.246 e. The smallest absolute Gasteiger partial charge is 0.246 e. The molecule has 0 aliphatic heterocycles. The maximum absolute atomic E-state index is 11.8. The first-order valence-corrected chi connectivity index (χ1v) is 7.74. The number of hydrogen-bond donors (Lipinski definition) is 2. The summed E-state index contributed by atoms with van der Waals surface area (Å²) < 4.78 is 5.70. The van der Waals surface area contributed by atoms with Gasteiger partial charge in [-0.05, 0) is 31.6 Å². The molecule has 0 bridgehead atoms. The molecule has 110 valence electrons. The van der Waals surface area contributed by atoms with Crippen molar-refractivity contribution in [1.29, 1.82) is 0 Å². The first-order valence-electron chi connectivity index (χ1n) is 7.74. The van der Waals surface area contributed by atoms with Gasteiger partial charge >= 0.3 is 0 Å². The number of nitrogens with one attached hydrogen (secondary N) is 1. The molecule has 1 amide bonds. The lowest BCUT2D eigenvalue weighted by atomic mass is 9.89. The van der Waals surface area contributed by atoms with Crippen LogP contribution < -0.4 is 5.32 Å². The summed E-state index contributed by atoms with van der Waals surface area (Å²) in [6.45, 7) is 2.38. The van der Waals surface area contributed by atoms with E-state index in [9.17, 15) is 9.90 Å². The van der Waals surface area contributed by atoms with E-state index in [1.807, 2.05) is 0 Å². The van der Waals surface area contributed by atoms with Crippen LogP contribution in [-0.4, -0.2) is 35.9 Å². The largest absolute Gasteiger partial charge is 0.391 e. The lowest BCUT2D eigenvalue weighted by molar-refractivity contribution is -0.130. The van der Waals surface area contributed by atoms with E-state index in [4.69, 9.17) is 4.74 Å². The molecule has 0 radical (unpaired) electrons. The molecule has 2 aliphatic rings. The standard InChI is InChI=1S/C15H27NO3/c1-11-5-4-6-12(9-11)19-10-15(18)16-13-7-2-3-8-14(13)17/h11-14,17H,2-10H2,1H3,(H,16,18). The van der Waals surface area contributed by atoms with Gasteiger partial charge in [0.25, 0.3) is 0 Å². The quantitative estimate of drug-likeness (QED) is 0.820. The number of hydrogen-bond acceptors (Lipinski definition) is 3. The zero-order chi connectivity index (χ0) is 13.7. The Morgan fingerprint density at radius 3 is 2.74 bits per heavy atom. The molecular weight excluding hydrogens is 242 g/mol. The Bertz CT molecular complexity index is 295. The fourth-order valence-electron chi connectivity index (χ4n) is 3.25. The number of carbonyl (C=O) groups is 1. The van der Waals surface area contributed by atoms with E-state index in [-0.39, 0.29) is 30.8 Å². The van der Waals surface area contributed by atoms with E-state index in [2.05, 4.69) is 12.2 Å². The van der Waals surface area contributed by atoms with Crippen molar-refractivity contribution in [3.8, 4) is 0 Å². The lowest BCUT2D eigenvalue weighted by Crippen LogP contribution is -2.46. The summed E-state index contributed by atoms with van der Waals surface area (Å²) in [5.74, 6) is 0.631. The van der Waals surface area contributed by atoms with E-state index < -0.39 is 0 Å². The Balaban J connectivity index is 1.66. The molecule has 2 rings (SSSR count). The predicted molar refractivity (Wildman–Crippen MR) is 73.8 cm³/mol. The Hall–Kier alpha value is -0.610. The summed E-state index contributed by atoms with van der Waals surface area (Å²) in [6, 6.07) is -0.0740. The number of carbonyl (C=O) groups excluding carboxylic acids is 1. The van der Waals surface area contributed by atoms with Crippen LogP contribution in [0.4, 0.5) is 0 Å². The van der Waals surface area contributed by atoms with Gasteiger partial charge in [-0.1, -0.05) is 32.6 Å². The van der Waals surface area contributed by atoms with Crippen molar-refractivity contribution in [3.63, 3.8) is 0 Å². The lowest BCUT2D eigenvalue weighted by Gasteiger charge is -2.29. The van der Waals surface area contributed by atoms with E-state index in [1.54, 1.807) is 0 Å². The molecule has 2 N–H and O–H groups in total. The number of rotatable bonds is 4. The maximum atomic E-state index is 11.8. The van der Waals surface area contributed by atoms with Crippen LogP contribution in [0.2, 0.25) is 0 Å². The summed E-state index contributed by atoms with van der Waals surface area (Å²) in [6.07, 6.45) is 8.31. The summed E-state index contributed by atoms with van der Waals surface area (Å²) in [5, 5.41) is 12.7. The Kier molecular flexibility index (Phi) is 5.64. The molecule has 0 heterocycles. The van der Waals surface area contributed by atoms with Crippen molar-refractivity contribution in [2.75, 3.05) is 6.61 Å². The van der Waals surface area contributed by atoms with Gasteiger partial charge < -0.3 is 15.2 Å². The van der Waals surface area contributed by atoms with Crippen LogP contribution in [0.15, 0.2) is 0 Å². The van der Waals surface area contributed by atoms with Gasteiger partial charge in [-0.2, -0.15) is 0 Å². The molecule has 2 fully saturated rings. The van der Waals surface area contributed by atoms with Crippen molar-refractivity contribution in [2.45, 2.75) is 76.5 Å². The minimum absolute atomic E-state index is 0.0740. The molecule has 0 aromatic rings. The van der Waals surface area contributed by atoms with Crippen LogP contribution in [-0.2, 0) is 9.53 Å². The molecule has 0 aromatic heterocycles. The predicted octanol–water partition coefficient (Wildman–Crippen LogP) is 2.00. The average Bonchev–Trinajstić information content (AvgIpc) is 2.39. The van der Waals surface area contributed by atoms with Gasteiger partial charge in [-0.15, -0.1) is 0 Å². The van der Waals surface area contributed by atoms with Crippen LogP contribution >= 0.6 is 0 Å². The van der Waals surface area contributed by atoms with Gasteiger partial charge in [-0.3, -0.25) is 4.79 Å². The topological polar surface area (TPSA) is 58.6 Å². The van der Waals surface area contributed by atoms with Gasteiger partial charge in [0.05, 0.1) is 18.2 Å². The van der Waals surface area contributed by atoms with Crippen molar-refractivity contribution in [2.24, 2.45) is 5.92 Å². The van der Waals surface area contributed by atoms with E-state index >= 15 is 0 Å². The monoisotopic (exact) mass is 269 g/mol. The molecule has 4 atom stereocenters. The highest BCUT2D eigenvalue weighted by Crippen LogP contribution is 2.25. The molecule has 0 aromatic carbocycles. The number of aliphatic hydroxyl groups is 1. The highest BCUT2D eigenvalue weighted by atomic mass is 16.5. The number of amides is 1. The minimum atomic E-state index is -0.382. The summed E-state index contributed by atoms with van der Waals surface area (Å²) in [7, 11) is 0. The second kappa shape index (κ2) is 7.25. The van der Waals surface area contributed by atoms with Crippen molar-refractivity contribution < 1.29 is 14.6 Å². The van der Waals surface area contributed by atoms with E-state index in [1.165, 1.54) is 12.8 Å². The normalized spacial score (nSPS) is 35.9. The molecule has 0 saturated heterocycles. The van der Waals surface area contributed by atoms with Gasteiger partial charge in [-0.25, -0.2) is 0 Å². The first kappa shape index (κ1) is 14.8. The fraction of sp³-hybridized carbons (Fsp3) is 0.933. The van der Waals surface area contributed by atoms with Crippen molar-refractivity contribution in [3.05, 3.63) is 0 Å². The minimum Gasteiger partial charge on any atom is -0.391 e. The Morgan fingerprint density at radius 1 is 1.21 bits per heavy atom. The molecular formula is C15H27NO3. The molecule has 2 saturated carbocycles. The van der Waals surface area contributed by atoms with E-state index in [0.29, 0.717) is 5.92 Å². The first-order chi connectivity index (χ1) is 9.15. The summed E-state index contributed by atoms with van der Waals surface area (Å²) in [4.78, 5) is 11.8. The van der Waals surface area contributed by atoms with Crippen LogP contribution in [0.3, 0.4) is 0 Å². The molecule has 0 spiro atoms. The second-order valence-electron chi connectivity index (χ2n) is 6.23. The third kappa shape index (κ3) is 4.77. The van der Waals surface area contributed by atoms with Gasteiger partial charge in [0.1, 0.15) is 6.61 Å². The SMILES string of the molecule is CC1CCCC(OCC(=O)NC2CCCCC2O)C1. The summed E-state index contributed by atoms with van der Waals surface area (Å²) >= 11 is 0. The Labute approximate surface area is 115 Å². The van der Waals surface area contributed by atoms with Gasteiger partial charge in [0.2, 0.25) is 5.91 Å². The fourth-order valence-corrected chi connectivity index (χ4v) is 3.25. The molecule has 2 aliphatic carbocycles. The molecule has 4 nitrogen and oxygen atoms in total. The number of ether oxygens (including phenoxy) is 1. The Morgan fingerprint density at radius 2 is 2.00 bits per heavy atom. The van der Waals surface area contributed by atoms with Crippen LogP contribution in [0.1, 0.15) is 58.3 Å². The molecule has 19 heavy (non-hydrogen) atoms. The highest BCUT2D eigenvalue weighted by Gasteiger charge is 2.25. The van der Waals surface area contributed by atoms with E-state index in [0.717, 1.165) is 38.5 Å². The van der Waals surface area contributed by atoms with Gasteiger partial charge in [0, 0.05) is 0 Å². The van der Waals surface area contributed by atoms with Gasteiger partial charge in [0.15, 0.2) is 0 Å². The third-order valence-electron chi connectivity index (χ3n) is 4.41. The summed E-state index contributed by atoms with van der Waals surface area (Å²) in [5.41, 5.74) is 0. The second-order valence-corrected chi connectivity index (χ2v) is 6.23. The van der Waals surface area contributed by atoms with Crippen molar-refractivity contribution in [1.82, 2.24) is 5.32 Å². The zero-order valence-corrected chi connectivity index (χ0v) is 11.9. The zero-order valence-electron chi connectivity index (χ0n) is 11.9. The van der Waals surface area contributed by atoms with Crippen LogP contribution in [0.25, 0.3) is 0 Å². The molecule has 4 heteroatoms. The van der Waals surface area contributed by atoms with Crippen molar-refractivity contribution >= 4 is 5.91 Å². The van der Waals surface area contributed by atoms with Crippen LogP contribution in [0, 0.1) is 5.92 Å².